The van der Waals surface area contributed by atoms with Gasteiger partial charge in [0.15, 0.2) is 0 Å². The molecule has 104 valence electrons. The van der Waals surface area contributed by atoms with Crippen molar-refractivity contribution in [1.82, 2.24) is 0 Å². The van der Waals surface area contributed by atoms with E-state index in [4.69, 9.17) is 11.6 Å². The van der Waals surface area contributed by atoms with Crippen LogP contribution in [-0.2, 0) is 5.88 Å². The number of halogens is 2. The highest BCUT2D eigenvalue weighted by atomic mass is 35.5. The summed E-state index contributed by atoms with van der Waals surface area (Å²) >= 11 is 5.85. The average Bonchev–Trinajstić information content (AvgIpc) is 2.45. The molecule has 4 nitrogen and oxygen atoms in total. The van der Waals surface area contributed by atoms with Crippen LogP contribution in [0.4, 0.5) is 21.5 Å². The first-order valence-electron chi connectivity index (χ1n) is 5.85. The van der Waals surface area contributed by atoms with Gasteiger partial charge in [-0.1, -0.05) is 6.07 Å². The summed E-state index contributed by atoms with van der Waals surface area (Å²) < 4.78 is 13.3. The predicted molar refractivity (Wildman–Crippen MR) is 77.1 cm³/mol. The van der Waals surface area contributed by atoms with Crippen LogP contribution < -0.4 is 4.90 Å². The highest BCUT2D eigenvalue weighted by Crippen LogP contribution is 2.31. The van der Waals surface area contributed by atoms with Gasteiger partial charge in [0, 0.05) is 36.4 Å². The molecule has 0 atom stereocenters. The molecule has 0 unspecified atom stereocenters. The Labute approximate surface area is 120 Å². The van der Waals surface area contributed by atoms with Crippen LogP contribution in [0.2, 0.25) is 0 Å². The maximum Gasteiger partial charge on any atom is 0.269 e. The van der Waals surface area contributed by atoms with Gasteiger partial charge in [0.1, 0.15) is 5.82 Å². The van der Waals surface area contributed by atoms with Crippen molar-refractivity contribution in [1.29, 1.82) is 0 Å². The van der Waals surface area contributed by atoms with Crippen LogP contribution in [0.5, 0.6) is 0 Å². The Morgan fingerprint density at radius 3 is 2.65 bits per heavy atom. The number of hydrogen-bond acceptors (Lipinski definition) is 3. The van der Waals surface area contributed by atoms with Gasteiger partial charge < -0.3 is 4.90 Å². The van der Waals surface area contributed by atoms with Crippen LogP contribution in [0.15, 0.2) is 42.5 Å². The van der Waals surface area contributed by atoms with Crippen LogP contribution in [-0.4, -0.2) is 12.0 Å². The molecule has 0 aliphatic heterocycles. The second kappa shape index (κ2) is 5.88. The number of benzene rings is 2. The molecule has 0 N–H and O–H groups in total. The van der Waals surface area contributed by atoms with Gasteiger partial charge >= 0.3 is 0 Å². The molecule has 0 radical (unpaired) electrons. The van der Waals surface area contributed by atoms with Gasteiger partial charge in [0.05, 0.1) is 4.92 Å². The van der Waals surface area contributed by atoms with Gasteiger partial charge in [-0.25, -0.2) is 4.39 Å². The second-order valence-corrected chi connectivity index (χ2v) is 4.51. The monoisotopic (exact) mass is 294 g/mol. The highest BCUT2D eigenvalue weighted by Gasteiger charge is 2.14. The molecule has 0 aliphatic rings. The van der Waals surface area contributed by atoms with Crippen molar-refractivity contribution in [3.05, 3.63) is 64.0 Å². The molecule has 0 heterocycles. The minimum absolute atomic E-state index is 0.0166. The molecule has 6 heteroatoms. The van der Waals surface area contributed by atoms with Crippen LogP contribution in [0.3, 0.4) is 0 Å². The van der Waals surface area contributed by atoms with Crippen molar-refractivity contribution in [2.24, 2.45) is 0 Å². The van der Waals surface area contributed by atoms with Gasteiger partial charge in [0.2, 0.25) is 0 Å². The predicted octanol–water partition coefficient (Wildman–Crippen LogP) is 4.24. The number of anilines is 2. The summed E-state index contributed by atoms with van der Waals surface area (Å²) in [6, 6.07) is 10.5. The molecule has 0 bridgehead atoms. The third-order valence-electron chi connectivity index (χ3n) is 2.97. The van der Waals surface area contributed by atoms with Gasteiger partial charge in [-0.15, -0.1) is 11.6 Å². The molecule has 2 aromatic rings. The number of hydrogen-bond donors (Lipinski definition) is 0. The second-order valence-electron chi connectivity index (χ2n) is 4.24. The number of nitrogens with zero attached hydrogens (tertiary/aromatic N) is 2. The zero-order valence-electron chi connectivity index (χ0n) is 10.7. The van der Waals surface area contributed by atoms with Crippen molar-refractivity contribution in [3.63, 3.8) is 0 Å². The van der Waals surface area contributed by atoms with E-state index < -0.39 is 4.92 Å². The number of nitro groups is 1. The van der Waals surface area contributed by atoms with E-state index in [1.54, 1.807) is 30.1 Å². The van der Waals surface area contributed by atoms with E-state index in [2.05, 4.69) is 0 Å². The SMILES string of the molecule is CN(c1cccc(F)c1)c1ccc([N+](=O)[O-])cc1CCl. The molecule has 0 aromatic heterocycles. The maximum absolute atomic E-state index is 13.3. The lowest BCUT2D eigenvalue weighted by Crippen LogP contribution is -2.11. The Bertz CT molecular complexity index is 649. The molecular weight excluding hydrogens is 283 g/mol. The summed E-state index contributed by atoms with van der Waals surface area (Å²) in [5, 5.41) is 10.8. The zero-order valence-corrected chi connectivity index (χ0v) is 11.5. The Morgan fingerprint density at radius 2 is 2.05 bits per heavy atom. The lowest BCUT2D eigenvalue weighted by Gasteiger charge is -2.22. The van der Waals surface area contributed by atoms with E-state index in [0.717, 1.165) is 0 Å². The standard InChI is InChI=1S/C14H12ClFN2O2/c1-17(12-4-2-3-11(16)8-12)14-6-5-13(18(19)20)7-10(14)9-15/h2-8H,9H2,1H3. The summed E-state index contributed by atoms with van der Waals surface area (Å²) in [6.45, 7) is 0. The molecule has 0 aliphatic carbocycles. The summed E-state index contributed by atoms with van der Waals surface area (Å²) in [6.07, 6.45) is 0. The fourth-order valence-electron chi connectivity index (χ4n) is 1.94. The minimum Gasteiger partial charge on any atom is -0.344 e. The third kappa shape index (κ3) is 2.88. The maximum atomic E-state index is 13.3. The average molecular weight is 295 g/mol. The molecule has 20 heavy (non-hydrogen) atoms. The molecule has 0 fully saturated rings. The van der Waals surface area contributed by atoms with Crippen LogP contribution in [0.25, 0.3) is 0 Å². The van der Waals surface area contributed by atoms with Crippen molar-refractivity contribution < 1.29 is 9.31 Å². The van der Waals surface area contributed by atoms with E-state index in [9.17, 15) is 14.5 Å². The van der Waals surface area contributed by atoms with Crippen LogP contribution in [0, 0.1) is 15.9 Å². The van der Waals surface area contributed by atoms with Crippen LogP contribution in [0.1, 0.15) is 5.56 Å². The zero-order chi connectivity index (χ0) is 14.7. The Kier molecular flexibility index (Phi) is 4.20. The minimum atomic E-state index is -0.470. The topological polar surface area (TPSA) is 46.4 Å². The van der Waals surface area contributed by atoms with Gasteiger partial charge in [0.25, 0.3) is 5.69 Å². The molecule has 0 saturated carbocycles. The van der Waals surface area contributed by atoms with Gasteiger partial charge in [-0.2, -0.15) is 0 Å². The van der Waals surface area contributed by atoms with E-state index in [1.807, 2.05) is 0 Å². The lowest BCUT2D eigenvalue weighted by atomic mass is 10.1. The summed E-state index contributed by atoms with van der Waals surface area (Å²) in [7, 11) is 1.76. The molecule has 0 amide bonds. The van der Waals surface area contributed by atoms with Crippen molar-refractivity contribution in [2.75, 3.05) is 11.9 Å². The van der Waals surface area contributed by atoms with E-state index in [0.29, 0.717) is 16.9 Å². The van der Waals surface area contributed by atoms with E-state index in [1.165, 1.54) is 24.3 Å². The molecule has 2 aromatic carbocycles. The van der Waals surface area contributed by atoms with Gasteiger partial charge in [-0.05, 0) is 29.8 Å². The Hall–Kier alpha value is -2.14. The quantitative estimate of drug-likeness (QED) is 0.481. The largest absolute Gasteiger partial charge is 0.344 e. The third-order valence-corrected chi connectivity index (χ3v) is 3.26. The van der Waals surface area contributed by atoms with Crippen molar-refractivity contribution in [2.45, 2.75) is 5.88 Å². The van der Waals surface area contributed by atoms with E-state index in [-0.39, 0.29) is 17.4 Å². The number of rotatable bonds is 4. The van der Waals surface area contributed by atoms with E-state index >= 15 is 0 Å². The van der Waals surface area contributed by atoms with Crippen LogP contribution >= 0.6 is 11.6 Å². The number of alkyl halides is 1. The molecular formula is C14H12ClFN2O2. The number of non-ortho nitro benzene ring substituents is 1. The summed E-state index contributed by atoms with van der Waals surface area (Å²) in [4.78, 5) is 12.0. The summed E-state index contributed by atoms with van der Waals surface area (Å²) in [5.74, 6) is -0.208. The fourth-order valence-corrected chi connectivity index (χ4v) is 2.16. The smallest absolute Gasteiger partial charge is 0.269 e. The normalized spacial score (nSPS) is 10.3. The first-order valence-corrected chi connectivity index (χ1v) is 6.39. The van der Waals surface area contributed by atoms with Gasteiger partial charge in [-0.3, -0.25) is 10.1 Å². The first-order chi connectivity index (χ1) is 9.52. The Balaban J connectivity index is 2.44. The molecule has 0 saturated heterocycles. The fraction of sp³-hybridized carbons (Fsp3) is 0.143. The van der Waals surface area contributed by atoms with Crippen molar-refractivity contribution >= 4 is 28.7 Å². The summed E-state index contributed by atoms with van der Waals surface area (Å²) in [5.41, 5.74) is 1.95. The first kappa shape index (κ1) is 14.3. The number of nitro benzene ring substituents is 1. The molecule has 2 rings (SSSR count). The van der Waals surface area contributed by atoms with Crippen molar-refractivity contribution in [3.8, 4) is 0 Å². The lowest BCUT2D eigenvalue weighted by molar-refractivity contribution is -0.384. The highest BCUT2D eigenvalue weighted by molar-refractivity contribution is 6.17. The molecule has 0 spiro atoms. The Morgan fingerprint density at radius 1 is 1.30 bits per heavy atom.